The molecule has 2 amide bonds. The van der Waals surface area contributed by atoms with Crippen LogP contribution in [-0.2, 0) is 14.4 Å². The number of nitrogens with zero attached hydrogens (tertiary/aromatic N) is 1. The van der Waals surface area contributed by atoms with Crippen LogP contribution in [-0.4, -0.2) is 51.7 Å². The van der Waals surface area contributed by atoms with Crippen molar-refractivity contribution >= 4 is 41.6 Å². The van der Waals surface area contributed by atoms with Crippen LogP contribution in [0.5, 0.6) is 0 Å². The second-order valence-electron chi connectivity index (χ2n) is 8.12. The van der Waals surface area contributed by atoms with Gasteiger partial charge >= 0.3 is 5.97 Å². The number of imide groups is 1. The van der Waals surface area contributed by atoms with Crippen molar-refractivity contribution in [3.8, 4) is 0 Å². The van der Waals surface area contributed by atoms with Gasteiger partial charge in [-0.25, -0.2) is 4.39 Å². The second-order valence-corrected chi connectivity index (χ2v) is 8.12. The first kappa shape index (κ1) is 23.9. The van der Waals surface area contributed by atoms with E-state index in [1.54, 1.807) is 12.1 Å². The van der Waals surface area contributed by atoms with E-state index in [9.17, 15) is 23.9 Å². The van der Waals surface area contributed by atoms with Gasteiger partial charge in [-0.15, -0.1) is 12.4 Å². The van der Waals surface area contributed by atoms with Crippen LogP contribution in [0.4, 0.5) is 15.8 Å². The zero-order valence-corrected chi connectivity index (χ0v) is 17.7. The monoisotopic (exact) mass is 443 g/mol. The molecule has 0 spiro atoms. The Balaban J connectivity index is 0.00000320. The summed E-state index contributed by atoms with van der Waals surface area (Å²) in [5.74, 6) is -2.28. The fraction of sp³-hybridized carbons (Fsp3) is 0.550. The van der Waals surface area contributed by atoms with Crippen LogP contribution in [0.25, 0.3) is 0 Å². The molecule has 1 aromatic carbocycles. The molecule has 3 rings (SSSR count). The van der Waals surface area contributed by atoms with Gasteiger partial charge in [0.2, 0.25) is 11.8 Å². The van der Waals surface area contributed by atoms with E-state index in [4.69, 9.17) is 5.11 Å². The molecule has 2 aliphatic heterocycles. The number of amides is 2. The van der Waals surface area contributed by atoms with Gasteiger partial charge in [-0.3, -0.25) is 19.7 Å². The molecule has 2 unspecified atom stereocenters. The summed E-state index contributed by atoms with van der Waals surface area (Å²) >= 11 is 0. The first-order valence-electron chi connectivity index (χ1n) is 9.70. The number of hydrogen-bond donors (Lipinski definition) is 4. The van der Waals surface area contributed by atoms with Gasteiger partial charge in [0, 0.05) is 24.2 Å². The van der Waals surface area contributed by atoms with Gasteiger partial charge in [-0.05, 0) is 51.3 Å². The standard InChI is InChI=1S/C20H26FN3O5.ClH/c1-11-8-20(29,10-18(26)27)9-12(2)24(11)16-5-3-13(7-14(16)21)22-15-4-6-17(25)23-19(15)28;/h3,5,7,11-12,15,22,29H,4,6,8-10H2,1-2H3,(H,26,27)(H,23,25,28);1H/t11-,12+,15?,20?;. The number of benzene rings is 1. The highest BCUT2D eigenvalue weighted by atomic mass is 35.5. The predicted molar refractivity (Wildman–Crippen MR) is 111 cm³/mol. The maximum atomic E-state index is 14.9. The zero-order chi connectivity index (χ0) is 21.3. The molecule has 30 heavy (non-hydrogen) atoms. The fourth-order valence-corrected chi connectivity index (χ4v) is 4.55. The van der Waals surface area contributed by atoms with Crippen LogP contribution in [0.2, 0.25) is 0 Å². The number of nitrogens with one attached hydrogen (secondary N) is 2. The van der Waals surface area contributed by atoms with Crippen molar-refractivity contribution in [3.63, 3.8) is 0 Å². The Morgan fingerprint density at radius 1 is 1.30 bits per heavy atom. The van der Waals surface area contributed by atoms with E-state index in [2.05, 4.69) is 10.6 Å². The molecule has 4 N–H and O–H groups in total. The Morgan fingerprint density at radius 3 is 2.47 bits per heavy atom. The molecule has 0 saturated carbocycles. The summed E-state index contributed by atoms with van der Waals surface area (Å²) in [6, 6.07) is 3.46. The fourth-order valence-electron chi connectivity index (χ4n) is 4.55. The molecule has 0 aromatic heterocycles. The number of piperidine rings is 2. The minimum Gasteiger partial charge on any atom is -0.481 e. The summed E-state index contributed by atoms with van der Waals surface area (Å²) in [4.78, 5) is 36.0. The molecule has 0 aliphatic carbocycles. The molecule has 2 saturated heterocycles. The van der Waals surface area contributed by atoms with Crippen LogP contribution >= 0.6 is 12.4 Å². The summed E-state index contributed by atoms with van der Waals surface area (Å²) in [5, 5.41) is 24.9. The molecule has 1 aromatic rings. The topological polar surface area (TPSA) is 119 Å². The van der Waals surface area contributed by atoms with E-state index in [-0.39, 0.29) is 56.1 Å². The van der Waals surface area contributed by atoms with Crippen molar-refractivity contribution in [1.29, 1.82) is 0 Å². The Labute approximate surface area is 180 Å². The van der Waals surface area contributed by atoms with Crippen molar-refractivity contribution in [2.75, 3.05) is 10.2 Å². The Bertz CT molecular complexity index is 825. The lowest BCUT2D eigenvalue weighted by Crippen LogP contribution is -2.55. The maximum absolute atomic E-state index is 14.9. The molecule has 0 radical (unpaired) electrons. The van der Waals surface area contributed by atoms with Crippen LogP contribution in [0.3, 0.4) is 0 Å². The van der Waals surface area contributed by atoms with Gasteiger partial charge in [0.25, 0.3) is 0 Å². The first-order chi connectivity index (χ1) is 13.6. The van der Waals surface area contributed by atoms with E-state index >= 15 is 0 Å². The van der Waals surface area contributed by atoms with Gasteiger partial charge in [0.1, 0.15) is 11.9 Å². The van der Waals surface area contributed by atoms with E-state index in [0.29, 0.717) is 17.8 Å². The van der Waals surface area contributed by atoms with Gasteiger partial charge in [-0.2, -0.15) is 0 Å². The number of rotatable bonds is 5. The van der Waals surface area contributed by atoms with Crippen LogP contribution < -0.4 is 15.5 Å². The summed E-state index contributed by atoms with van der Waals surface area (Å²) in [5.41, 5.74) is -0.526. The number of halogens is 2. The molecule has 2 aliphatic rings. The van der Waals surface area contributed by atoms with Crippen molar-refractivity contribution < 1.29 is 29.0 Å². The number of carbonyl (C=O) groups excluding carboxylic acids is 2. The average Bonchev–Trinajstić information content (AvgIpc) is 2.57. The normalized spacial score (nSPS) is 29.1. The third-order valence-electron chi connectivity index (χ3n) is 5.59. The zero-order valence-electron chi connectivity index (χ0n) is 16.9. The summed E-state index contributed by atoms with van der Waals surface area (Å²) in [7, 11) is 0. The third kappa shape index (κ3) is 5.20. The van der Waals surface area contributed by atoms with Crippen LogP contribution in [0, 0.1) is 5.82 Å². The number of aliphatic hydroxyl groups is 1. The summed E-state index contributed by atoms with van der Waals surface area (Å²) < 4.78 is 14.9. The lowest BCUT2D eigenvalue weighted by atomic mass is 9.80. The van der Waals surface area contributed by atoms with Crippen molar-refractivity contribution in [1.82, 2.24) is 5.32 Å². The number of carboxylic acid groups (broad SMARTS) is 1. The van der Waals surface area contributed by atoms with E-state index < -0.39 is 29.3 Å². The molecule has 2 heterocycles. The van der Waals surface area contributed by atoms with Gasteiger partial charge in [0.05, 0.1) is 17.7 Å². The number of carbonyl (C=O) groups is 3. The minimum atomic E-state index is -1.31. The van der Waals surface area contributed by atoms with E-state index in [1.165, 1.54) is 6.07 Å². The summed E-state index contributed by atoms with van der Waals surface area (Å²) in [6.07, 6.45) is 0.675. The lowest BCUT2D eigenvalue weighted by molar-refractivity contribution is -0.144. The average molecular weight is 444 g/mol. The van der Waals surface area contributed by atoms with Gasteiger partial charge in [-0.1, -0.05) is 0 Å². The number of hydrogen-bond acceptors (Lipinski definition) is 6. The van der Waals surface area contributed by atoms with Gasteiger partial charge in [0.15, 0.2) is 0 Å². The Kier molecular flexibility index (Phi) is 7.31. The molecular formula is C20H27ClFN3O5. The molecule has 2 fully saturated rings. The highest BCUT2D eigenvalue weighted by Crippen LogP contribution is 2.38. The smallest absolute Gasteiger partial charge is 0.306 e. The first-order valence-corrected chi connectivity index (χ1v) is 9.70. The van der Waals surface area contributed by atoms with Crippen LogP contribution in [0.1, 0.15) is 46.0 Å². The number of anilines is 2. The second kappa shape index (κ2) is 9.18. The van der Waals surface area contributed by atoms with Crippen molar-refractivity contribution in [2.45, 2.75) is 69.7 Å². The van der Waals surface area contributed by atoms with Crippen molar-refractivity contribution in [2.24, 2.45) is 0 Å². The summed E-state index contributed by atoms with van der Waals surface area (Å²) in [6.45, 7) is 3.66. The van der Waals surface area contributed by atoms with Gasteiger partial charge < -0.3 is 20.4 Å². The Morgan fingerprint density at radius 2 is 1.93 bits per heavy atom. The van der Waals surface area contributed by atoms with E-state index in [1.807, 2.05) is 18.7 Å². The molecule has 0 bridgehead atoms. The maximum Gasteiger partial charge on any atom is 0.306 e. The number of carboxylic acids is 1. The Hall–Kier alpha value is -2.39. The third-order valence-corrected chi connectivity index (χ3v) is 5.59. The SMILES string of the molecule is C[C@@H]1CC(O)(CC(=O)O)C[C@H](C)N1c1ccc(NC2CCC(=O)NC2=O)cc1F.Cl. The highest BCUT2D eigenvalue weighted by Gasteiger charge is 2.42. The molecule has 8 nitrogen and oxygen atoms in total. The molecule has 166 valence electrons. The molecule has 10 heteroatoms. The minimum absolute atomic E-state index is 0. The highest BCUT2D eigenvalue weighted by molar-refractivity contribution is 6.01. The molecular weight excluding hydrogens is 417 g/mol. The largest absolute Gasteiger partial charge is 0.481 e. The van der Waals surface area contributed by atoms with E-state index in [0.717, 1.165) is 0 Å². The van der Waals surface area contributed by atoms with Crippen LogP contribution in [0.15, 0.2) is 18.2 Å². The molecule has 4 atom stereocenters. The lowest BCUT2D eigenvalue weighted by Gasteiger charge is -2.47. The number of aliphatic carboxylic acids is 1. The quantitative estimate of drug-likeness (QED) is 0.514. The van der Waals surface area contributed by atoms with Crippen molar-refractivity contribution in [3.05, 3.63) is 24.0 Å². The predicted octanol–water partition coefficient (Wildman–Crippen LogP) is 2.05.